The van der Waals surface area contributed by atoms with Gasteiger partial charge in [-0.05, 0) is 104 Å². The molecule has 0 amide bonds. The van der Waals surface area contributed by atoms with Gasteiger partial charge in [0.2, 0.25) is 0 Å². The summed E-state index contributed by atoms with van der Waals surface area (Å²) in [5, 5.41) is 1.57. The van der Waals surface area contributed by atoms with Gasteiger partial charge in [-0.1, -0.05) is 13.8 Å². The van der Waals surface area contributed by atoms with Gasteiger partial charge in [-0.3, -0.25) is 19.2 Å². The van der Waals surface area contributed by atoms with E-state index in [1.54, 1.807) is 90.1 Å². The van der Waals surface area contributed by atoms with Gasteiger partial charge in [0.05, 0.1) is 35.9 Å². The van der Waals surface area contributed by atoms with E-state index in [0.717, 1.165) is 10.8 Å². The monoisotopic (exact) mass is 953 g/mol. The Hall–Kier alpha value is -4.32. The van der Waals surface area contributed by atoms with E-state index < -0.39 is 32.9 Å². The van der Waals surface area contributed by atoms with Crippen LogP contribution in [0, 0.1) is 62.0 Å². The van der Waals surface area contributed by atoms with Crippen molar-refractivity contribution in [2.75, 3.05) is 40.6 Å². The van der Waals surface area contributed by atoms with Crippen molar-refractivity contribution in [3.63, 3.8) is 0 Å². The summed E-state index contributed by atoms with van der Waals surface area (Å²) in [4.78, 5) is 71.8. The second-order valence-corrected chi connectivity index (χ2v) is 15.8. The quantitative estimate of drug-likeness (QED) is 0.0415. The van der Waals surface area contributed by atoms with Gasteiger partial charge in [0.15, 0.2) is 0 Å². The predicted molar refractivity (Wildman–Crippen MR) is 215 cm³/mol. The largest absolute Gasteiger partial charge is 0.490 e. The average Bonchev–Trinajstić information content (AvgIpc) is 3.19. The molecule has 15 heteroatoms. The van der Waals surface area contributed by atoms with Crippen molar-refractivity contribution >= 4 is 45.8 Å². The maximum atomic E-state index is 12.6. The molecule has 0 bridgehead atoms. The molecular formula is C44H56O14Pm. The van der Waals surface area contributed by atoms with Crippen LogP contribution in [0.25, 0.3) is 21.9 Å². The molecule has 321 valence electrons. The van der Waals surface area contributed by atoms with Crippen molar-refractivity contribution in [1.82, 2.24) is 0 Å². The molecule has 59 heavy (non-hydrogen) atoms. The number of carbonyl (C=O) groups excluding carboxylic acids is 4. The van der Waals surface area contributed by atoms with Crippen LogP contribution in [0.4, 0.5) is 0 Å². The molecular weight excluding hydrogens is 897 g/mol. The van der Waals surface area contributed by atoms with Crippen molar-refractivity contribution in [2.45, 2.75) is 81.1 Å². The topological polar surface area (TPSA) is 184 Å². The fraction of sp³-hybridized carbons (Fsp3) is 0.500. The van der Waals surface area contributed by atoms with Crippen LogP contribution >= 0.6 is 0 Å². The van der Waals surface area contributed by atoms with E-state index in [1.165, 1.54) is 26.4 Å². The Balaban J connectivity index is 0.000000400. The standard InChI is InChI=1S/2C22H28O7.Pm/c2*1-6-22(4,14-21(2,3)19(24)26-5)20(25)28-12-11-27-16-9-7-15-8-10-18(23)29-17(15)13-16;/h2*7-10,13H,6,11-12,14H2,1-5H3;. The molecule has 4 aromatic rings. The summed E-state index contributed by atoms with van der Waals surface area (Å²) >= 11 is 0. The number of methoxy groups -OCH3 is 2. The second kappa shape index (κ2) is 22.3. The van der Waals surface area contributed by atoms with Crippen molar-refractivity contribution in [1.29, 1.82) is 0 Å². The number of esters is 4. The number of hydrogen-bond donors (Lipinski definition) is 0. The molecule has 0 aliphatic rings. The summed E-state index contributed by atoms with van der Waals surface area (Å²) < 4.78 is 41.9. The van der Waals surface area contributed by atoms with E-state index in [9.17, 15) is 28.8 Å². The van der Waals surface area contributed by atoms with Crippen LogP contribution in [-0.4, -0.2) is 64.5 Å². The molecule has 0 fully saturated rings. The van der Waals surface area contributed by atoms with Crippen LogP contribution < -0.4 is 20.7 Å². The van der Waals surface area contributed by atoms with Crippen LogP contribution in [0.3, 0.4) is 0 Å². The maximum absolute atomic E-state index is 12.6. The minimum absolute atomic E-state index is 0. The van der Waals surface area contributed by atoms with Crippen LogP contribution in [-0.2, 0) is 38.1 Å². The molecule has 0 aliphatic heterocycles. The number of rotatable bonds is 18. The first-order valence-corrected chi connectivity index (χ1v) is 19.1. The van der Waals surface area contributed by atoms with Gasteiger partial charge >= 0.3 is 35.1 Å². The summed E-state index contributed by atoms with van der Waals surface area (Å²) in [7, 11) is 2.67. The van der Waals surface area contributed by atoms with Gasteiger partial charge < -0.3 is 37.3 Å². The third-order valence-corrected chi connectivity index (χ3v) is 10.0. The zero-order chi connectivity index (χ0) is 43.3. The van der Waals surface area contributed by atoms with Gasteiger partial charge in [-0.15, -0.1) is 0 Å². The number of fused-ring (bicyclic) bond motifs is 2. The third kappa shape index (κ3) is 14.4. The van der Waals surface area contributed by atoms with Crippen LogP contribution in [0.5, 0.6) is 11.5 Å². The SMILES string of the molecule is CCC(C)(CC(C)(C)C(=O)OC)C(=O)OCCOc1ccc2ccc(=O)oc2c1.CCC(C)(CC(C)(C)C(=O)OC)C(=O)OCCOc1ccc2ccc(=O)oc2c1.[Pm]. The van der Waals surface area contributed by atoms with Crippen molar-refractivity contribution < 1.29 is 96.8 Å². The van der Waals surface area contributed by atoms with Crippen LogP contribution in [0.15, 0.2) is 79.1 Å². The van der Waals surface area contributed by atoms with Crippen LogP contribution in [0.2, 0.25) is 0 Å². The molecule has 0 saturated carbocycles. The second-order valence-electron chi connectivity index (χ2n) is 15.8. The fourth-order valence-electron chi connectivity index (χ4n) is 6.53. The Morgan fingerprint density at radius 3 is 1.19 bits per heavy atom. The molecule has 0 N–H and O–H groups in total. The van der Waals surface area contributed by atoms with E-state index in [-0.39, 0.29) is 90.7 Å². The molecule has 0 aliphatic carbocycles. The molecule has 2 heterocycles. The zero-order valence-corrected chi connectivity index (χ0v) is 38.5. The van der Waals surface area contributed by atoms with Crippen molar-refractivity contribution in [3.8, 4) is 11.5 Å². The van der Waals surface area contributed by atoms with Gasteiger partial charge in [0.25, 0.3) is 0 Å². The number of hydrogen-bond acceptors (Lipinski definition) is 14. The summed E-state index contributed by atoms with van der Waals surface area (Å²) in [5.41, 5.74) is -3.25. The first-order valence-electron chi connectivity index (χ1n) is 19.1. The van der Waals surface area contributed by atoms with E-state index in [4.69, 9.17) is 37.3 Å². The van der Waals surface area contributed by atoms with Gasteiger partial charge in [-0.25, -0.2) is 9.59 Å². The molecule has 2 aromatic heterocycles. The average molecular weight is 954 g/mol. The zero-order valence-electron chi connectivity index (χ0n) is 35.6. The molecule has 2 aromatic carbocycles. The minimum atomic E-state index is -0.815. The Morgan fingerprint density at radius 1 is 0.525 bits per heavy atom. The summed E-state index contributed by atoms with van der Waals surface area (Å²) in [6, 6.07) is 16.4. The molecule has 2 atom stereocenters. The summed E-state index contributed by atoms with van der Waals surface area (Å²) in [6.07, 6.45) is 1.67. The van der Waals surface area contributed by atoms with Crippen LogP contribution in [0.1, 0.15) is 81.1 Å². The van der Waals surface area contributed by atoms with E-state index in [1.807, 2.05) is 13.8 Å². The number of carbonyl (C=O) groups is 4. The molecule has 2 unspecified atom stereocenters. The summed E-state index contributed by atoms with van der Waals surface area (Å²) in [5.74, 6) is -0.483. The Morgan fingerprint density at radius 2 is 0.864 bits per heavy atom. The first-order chi connectivity index (χ1) is 27.2. The molecule has 1 radical (unpaired) electrons. The molecule has 0 spiro atoms. The normalized spacial score (nSPS) is 13.3. The fourth-order valence-corrected chi connectivity index (χ4v) is 6.53. The Kier molecular flexibility index (Phi) is 19.2. The minimum Gasteiger partial charge on any atom is -0.490 e. The number of benzene rings is 2. The predicted octanol–water partition coefficient (Wildman–Crippen LogP) is 7.44. The van der Waals surface area contributed by atoms with Gasteiger partial charge in [0.1, 0.15) is 49.1 Å². The van der Waals surface area contributed by atoms with E-state index in [0.29, 0.717) is 48.3 Å². The smallest absolute Gasteiger partial charge is 0.336 e. The summed E-state index contributed by atoms with van der Waals surface area (Å²) in [6.45, 7) is 14.8. The van der Waals surface area contributed by atoms with Gasteiger partial charge in [0, 0.05) is 75.4 Å². The van der Waals surface area contributed by atoms with Crippen molar-refractivity contribution in [2.24, 2.45) is 21.7 Å². The molecule has 0 saturated heterocycles. The molecule has 4 rings (SSSR count). The van der Waals surface area contributed by atoms with Crippen molar-refractivity contribution in [3.05, 3.63) is 81.5 Å². The first kappa shape index (κ1) is 50.8. The Bertz CT molecular complexity index is 2020. The maximum Gasteiger partial charge on any atom is 0.336 e. The molecule has 14 nitrogen and oxygen atoms in total. The number of ether oxygens (including phenoxy) is 6. The Labute approximate surface area is 376 Å². The van der Waals surface area contributed by atoms with Gasteiger partial charge in [-0.2, -0.15) is 0 Å². The third-order valence-electron chi connectivity index (χ3n) is 10.0. The van der Waals surface area contributed by atoms with E-state index in [2.05, 4.69) is 0 Å². The van der Waals surface area contributed by atoms with E-state index >= 15 is 0 Å².